The van der Waals surface area contributed by atoms with Crippen molar-refractivity contribution in [1.82, 2.24) is 23.6 Å². The van der Waals surface area contributed by atoms with Crippen molar-refractivity contribution in [2.75, 3.05) is 38.2 Å². The first-order valence-corrected chi connectivity index (χ1v) is 12.2. The lowest BCUT2D eigenvalue weighted by molar-refractivity contribution is 0.218. The van der Waals surface area contributed by atoms with Crippen LogP contribution in [0.5, 0.6) is 5.75 Å². The number of fused-ring (bicyclic) bond motifs is 3. The molecule has 2 aromatic heterocycles. The largest absolute Gasteiger partial charge is 0.495 e. The first kappa shape index (κ1) is 22.7. The lowest BCUT2D eigenvalue weighted by atomic mass is 10.1. The van der Waals surface area contributed by atoms with E-state index in [4.69, 9.17) is 9.72 Å². The molecule has 1 atom stereocenters. The Morgan fingerprint density at radius 3 is 2.59 bits per heavy atom. The molecule has 0 saturated carbocycles. The third-order valence-electron chi connectivity index (χ3n) is 7.16. The van der Waals surface area contributed by atoms with Crippen molar-refractivity contribution < 1.29 is 4.74 Å². The van der Waals surface area contributed by atoms with E-state index < -0.39 is 0 Å². The van der Waals surface area contributed by atoms with E-state index in [0.29, 0.717) is 36.7 Å². The molecule has 0 unspecified atom stereocenters. The summed E-state index contributed by atoms with van der Waals surface area (Å²) in [6.07, 6.45) is 3.61. The maximum atomic E-state index is 13.7. The fourth-order valence-electron chi connectivity index (χ4n) is 5.34. The molecule has 1 fully saturated rings. The number of methoxy groups -OCH3 is 1. The molecular weight excluding hydrogens is 432 g/mol. The van der Waals surface area contributed by atoms with Crippen LogP contribution in [0.25, 0.3) is 11.2 Å². The average Bonchev–Trinajstić information content (AvgIpc) is 3.22. The van der Waals surface area contributed by atoms with Crippen LogP contribution in [-0.2, 0) is 20.1 Å². The number of likely N-dealkylation sites (tertiary alicyclic amines) is 1. The fraction of sp³-hybridized carbons (Fsp3) is 0.560. The second kappa shape index (κ2) is 8.94. The lowest BCUT2D eigenvalue weighted by Crippen LogP contribution is -2.43. The van der Waals surface area contributed by atoms with Crippen LogP contribution >= 0.6 is 0 Å². The molecule has 182 valence electrons. The van der Waals surface area contributed by atoms with Crippen LogP contribution in [-0.4, -0.2) is 56.9 Å². The number of rotatable bonds is 5. The zero-order valence-corrected chi connectivity index (χ0v) is 20.6. The van der Waals surface area contributed by atoms with Crippen molar-refractivity contribution in [3.8, 4) is 5.75 Å². The zero-order chi connectivity index (χ0) is 24.0. The number of ether oxygens (including phenoxy) is 1. The van der Waals surface area contributed by atoms with Gasteiger partial charge < -0.3 is 19.1 Å². The average molecular weight is 467 g/mol. The highest BCUT2D eigenvalue weighted by Crippen LogP contribution is 2.38. The monoisotopic (exact) mass is 466 g/mol. The Hall–Kier alpha value is -3.07. The van der Waals surface area contributed by atoms with Crippen molar-refractivity contribution in [2.24, 2.45) is 13.0 Å². The van der Waals surface area contributed by atoms with Gasteiger partial charge >= 0.3 is 5.69 Å². The fourth-order valence-corrected chi connectivity index (χ4v) is 5.34. The molecule has 0 amide bonds. The van der Waals surface area contributed by atoms with Crippen molar-refractivity contribution in [3.63, 3.8) is 0 Å². The van der Waals surface area contributed by atoms with Crippen LogP contribution in [0.4, 0.5) is 11.6 Å². The number of piperidine rings is 1. The summed E-state index contributed by atoms with van der Waals surface area (Å²) in [5.41, 5.74) is 2.41. The van der Waals surface area contributed by atoms with E-state index in [-0.39, 0.29) is 17.2 Å². The molecule has 3 aromatic rings. The molecule has 2 aliphatic rings. The third kappa shape index (κ3) is 3.81. The standard InChI is InChI=1S/C25H34N6O3/c1-17-8-9-20(34-4)19(14-17)30-15-18(2)16-31-21-22(26-24(30)31)27(3)25(33)29(23(21)32)13-12-28-10-6-5-7-11-28/h8-9,14,18H,5-7,10-13,15-16H2,1-4H3/t18-/m1/s1. The Labute approximate surface area is 199 Å². The second-order valence-corrected chi connectivity index (χ2v) is 9.79. The van der Waals surface area contributed by atoms with Gasteiger partial charge in [-0.2, -0.15) is 4.98 Å². The third-order valence-corrected chi connectivity index (χ3v) is 7.16. The number of hydrogen-bond donors (Lipinski definition) is 0. The Morgan fingerprint density at radius 1 is 1.09 bits per heavy atom. The minimum Gasteiger partial charge on any atom is -0.495 e. The first-order valence-electron chi connectivity index (χ1n) is 12.2. The summed E-state index contributed by atoms with van der Waals surface area (Å²) in [6.45, 7) is 8.81. The van der Waals surface area contributed by atoms with E-state index in [1.807, 2.05) is 23.6 Å². The van der Waals surface area contributed by atoms with Crippen LogP contribution in [0.2, 0.25) is 0 Å². The highest BCUT2D eigenvalue weighted by molar-refractivity contribution is 5.78. The molecule has 2 aliphatic heterocycles. The Bertz CT molecular complexity index is 1330. The van der Waals surface area contributed by atoms with Crippen molar-refractivity contribution in [3.05, 3.63) is 44.6 Å². The smallest absolute Gasteiger partial charge is 0.332 e. The maximum absolute atomic E-state index is 13.7. The Morgan fingerprint density at radius 2 is 1.85 bits per heavy atom. The molecule has 4 heterocycles. The van der Waals surface area contributed by atoms with Crippen LogP contribution in [0, 0.1) is 12.8 Å². The van der Waals surface area contributed by atoms with Gasteiger partial charge in [-0.05, 0) is 56.5 Å². The SMILES string of the molecule is COc1ccc(C)cc1N1C[C@@H](C)Cn2c1nc1c2c(=O)n(CCN2CCCCC2)c(=O)n1C. The van der Waals surface area contributed by atoms with Crippen LogP contribution in [0.1, 0.15) is 31.7 Å². The van der Waals surface area contributed by atoms with Gasteiger partial charge in [-0.3, -0.25) is 13.9 Å². The van der Waals surface area contributed by atoms with Gasteiger partial charge in [0.2, 0.25) is 5.95 Å². The van der Waals surface area contributed by atoms with Crippen molar-refractivity contribution in [2.45, 2.75) is 46.2 Å². The summed E-state index contributed by atoms with van der Waals surface area (Å²) >= 11 is 0. The summed E-state index contributed by atoms with van der Waals surface area (Å²) < 4.78 is 10.6. The molecule has 0 spiro atoms. The molecule has 0 bridgehead atoms. The number of imidazole rings is 1. The summed E-state index contributed by atoms with van der Waals surface area (Å²) in [6, 6.07) is 6.06. The second-order valence-electron chi connectivity index (χ2n) is 9.79. The zero-order valence-electron chi connectivity index (χ0n) is 20.6. The van der Waals surface area contributed by atoms with Gasteiger partial charge in [0, 0.05) is 33.2 Å². The molecule has 9 nitrogen and oxygen atoms in total. The number of hydrogen-bond acceptors (Lipinski definition) is 6. The summed E-state index contributed by atoms with van der Waals surface area (Å²) in [4.78, 5) is 36.1. The predicted molar refractivity (Wildman–Crippen MR) is 133 cm³/mol. The highest BCUT2D eigenvalue weighted by atomic mass is 16.5. The van der Waals surface area contributed by atoms with Gasteiger partial charge in [0.15, 0.2) is 11.2 Å². The summed E-state index contributed by atoms with van der Waals surface area (Å²) in [5.74, 6) is 1.72. The molecule has 0 N–H and O–H groups in total. The van der Waals surface area contributed by atoms with E-state index in [2.05, 4.69) is 22.8 Å². The van der Waals surface area contributed by atoms with Gasteiger partial charge in [0.25, 0.3) is 5.56 Å². The summed E-state index contributed by atoms with van der Waals surface area (Å²) in [7, 11) is 3.37. The highest BCUT2D eigenvalue weighted by Gasteiger charge is 2.31. The Balaban J connectivity index is 1.63. The van der Waals surface area contributed by atoms with E-state index >= 15 is 0 Å². The lowest BCUT2D eigenvalue weighted by Gasteiger charge is -2.33. The number of aryl methyl sites for hydroxylation is 2. The van der Waals surface area contributed by atoms with Gasteiger partial charge in [0.05, 0.1) is 12.8 Å². The number of benzene rings is 1. The van der Waals surface area contributed by atoms with Crippen molar-refractivity contribution in [1.29, 1.82) is 0 Å². The number of nitrogens with zero attached hydrogens (tertiary/aromatic N) is 6. The maximum Gasteiger partial charge on any atom is 0.332 e. The summed E-state index contributed by atoms with van der Waals surface area (Å²) in [5, 5.41) is 0. The molecule has 34 heavy (non-hydrogen) atoms. The van der Waals surface area contributed by atoms with E-state index in [0.717, 1.165) is 36.6 Å². The quantitative estimate of drug-likeness (QED) is 0.575. The molecule has 1 saturated heterocycles. The van der Waals surface area contributed by atoms with Gasteiger partial charge in [-0.25, -0.2) is 4.79 Å². The van der Waals surface area contributed by atoms with Gasteiger partial charge in [-0.15, -0.1) is 0 Å². The molecule has 0 radical (unpaired) electrons. The molecule has 1 aromatic carbocycles. The molecule has 0 aliphatic carbocycles. The minimum atomic E-state index is -0.308. The van der Waals surface area contributed by atoms with E-state index in [1.54, 1.807) is 14.2 Å². The predicted octanol–water partition coefficient (Wildman–Crippen LogP) is 2.49. The number of aromatic nitrogens is 4. The first-order chi connectivity index (χ1) is 16.4. The van der Waals surface area contributed by atoms with Crippen LogP contribution < -0.4 is 20.9 Å². The molecular formula is C25H34N6O3. The van der Waals surface area contributed by atoms with Gasteiger partial charge in [0.1, 0.15) is 5.75 Å². The minimum absolute atomic E-state index is 0.251. The van der Waals surface area contributed by atoms with Crippen LogP contribution in [0.3, 0.4) is 0 Å². The van der Waals surface area contributed by atoms with E-state index in [9.17, 15) is 9.59 Å². The topological polar surface area (TPSA) is 77.5 Å². The normalized spacial score (nSPS) is 18.9. The van der Waals surface area contributed by atoms with Crippen molar-refractivity contribution >= 4 is 22.8 Å². The van der Waals surface area contributed by atoms with Gasteiger partial charge in [-0.1, -0.05) is 19.4 Å². The number of anilines is 2. The molecule has 5 rings (SSSR count). The van der Waals surface area contributed by atoms with Crippen LogP contribution in [0.15, 0.2) is 27.8 Å². The van der Waals surface area contributed by atoms with E-state index in [1.165, 1.54) is 28.4 Å². The molecule has 9 heteroatoms. The Kier molecular flexibility index (Phi) is 5.97.